The molecule has 1 aromatic heterocycles. The lowest BCUT2D eigenvalue weighted by molar-refractivity contribution is 0.0269. The van der Waals surface area contributed by atoms with Gasteiger partial charge in [0.25, 0.3) is 0 Å². The third-order valence-electron chi connectivity index (χ3n) is 7.75. The molecule has 2 aliphatic rings. The molecule has 7 nitrogen and oxygen atoms in total. The van der Waals surface area contributed by atoms with Crippen molar-refractivity contribution in [2.75, 3.05) is 63.7 Å². The molecular formula is C30H38N6O. The van der Waals surface area contributed by atoms with Gasteiger partial charge in [-0.1, -0.05) is 36.4 Å². The summed E-state index contributed by atoms with van der Waals surface area (Å²) in [6.45, 7) is 14.2. The number of likely N-dealkylation sites (N-methyl/N-ethyl adjacent to an activating group) is 2. The maximum atomic E-state index is 7.36. The van der Waals surface area contributed by atoms with E-state index in [0.29, 0.717) is 19.1 Å². The van der Waals surface area contributed by atoms with Gasteiger partial charge < -0.3 is 24.3 Å². The van der Waals surface area contributed by atoms with Crippen molar-refractivity contribution >= 4 is 22.5 Å². The zero-order chi connectivity index (χ0) is 25.9. The largest absolute Gasteiger partial charge is 0.368 e. The zero-order valence-electron chi connectivity index (χ0n) is 22.6. The van der Waals surface area contributed by atoms with Crippen LogP contribution >= 0.6 is 0 Å². The first-order chi connectivity index (χ1) is 17.9. The van der Waals surface area contributed by atoms with Gasteiger partial charge in [0.15, 0.2) is 0 Å². The molecule has 7 heteroatoms. The lowest BCUT2D eigenvalue weighted by atomic mass is 9.92. The van der Waals surface area contributed by atoms with Crippen LogP contribution in [0.1, 0.15) is 41.3 Å². The Morgan fingerprint density at radius 1 is 1.11 bits per heavy atom. The summed E-state index contributed by atoms with van der Waals surface area (Å²) in [5.74, 6) is 2.17. The number of rotatable bonds is 7. The van der Waals surface area contributed by atoms with E-state index in [0.717, 1.165) is 68.5 Å². The van der Waals surface area contributed by atoms with E-state index in [-0.39, 0.29) is 6.10 Å². The third kappa shape index (κ3) is 5.41. The fourth-order valence-corrected chi connectivity index (χ4v) is 5.69. The van der Waals surface area contributed by atoms with Crippen molar-refractivity contribution in [1.29, 1.82) is 0 Å². The second kappa shape index (κ2) is 11.0. The van der Waals surface area contributed by atoms with Crippen LogP contribution < -0.4 is 9.80 Å². The number of fused-ring (bicyclic) bond motifs is 2. The number of hydrogen-bond acceptors (Lipinski definition) is 6. The van der Waals surface area contributed by atoms with E-state index in [4.69, 9.17) is 21.3 Å². The minimum atomic E-state index is -0.0452. The van der Waals surface area contributed by atoms with Crippen LogP contribution in [-0.4, -0.2) is 68.7 Å². The summed E-state index contributed by atoms with van der Waals surface area (Å²) in [6, 6.07) is 13.0. The summed E-state index contributed by atoms with van der Waals surface area (Å²) < 4.78 is 6.56. The van der Waals surface area contributed by atoms with Crippen LogP contribution in [0.15, 0.2) is 36.4 Å². The van der Waals surface area contributed by atoms with Crippen molar-refractivity contribution < 1.29 is 4.74 Å². The first kappa shape index (κ1) is 25.4. The number of hydrogen-bond donors (Lipinski definition) is 0. The summed E-state index contributed by atoms with van der Waals surface area (Å²) in [4.78, 5) is 20.7. The van der Waals surface area contributed by atoms with Gasteiger partial charge in [0.2, 0.25) is 12.5 Å². The molecule has 0 radical (unpaired) electrons. The Labute approximate surface area is 220 Å². The van der Waals surface area contributed by atoms with Crippen LogP contribution in [0.2, 0.25) is 0 Å². The minimum absolute atomic E-state index is 0.0452. The van der Waals surface area contributed by atoms with Crippen molar-refractivity contribution in [1.82, 2.24) is 14.9 Å². The van der Waals surface area contributed by atoms with Crippen LogP contribution in [-0.2, 0) is 17.8 Å². The topological polar surface area (TPSA) is 49.1 Å². The van der Waals surface area contributed by atoms with E-state index in [1.807, 2.05) is 0 Å². The number of nitrogens with zero attached hydrogens (tertiary/aromatic N) is 6. The van der Waals surface area contributed by atoms with Crippen LogP contribution in [0.3, 0.4) is 0 Å². The maximum absolute atomic E-state index is 7.36. The van der Waals surface area contributed by atoms with Crippen LogP contribution in [0.4, 0.5) is 11.8 Å². The number of ether oxygens (including phenoxy) is 1. The van der Waals surface area contributed by atoms with Crippen LogP contribution in [0.5, 0.6) is 0 Å². The van der Waals surface area contributed by atoms with E-state index in [1.165, 1.54) is 21.9 Å². The Kier molecular flexibility index (Phi) is 7.59. The van der Waals surface area contributed by atoms with Crippen molar-refractivity contribution in [2.45, 2.75) is 38.9 Å². The summed E-state index contributed by atoms with van der Waals surface area (Å²) in [6.07, 6.45) is 2.88. The molecule has 3 aromatic rings. The predicted octanol–water partition coefficient (Wildman–Crippen LogP) is 4.89. The van der Waals surface area contributed by atoms with Gasteiger partial charge in [-0.2, -0.15) is 4.98 Å². The van der Waals surface area contributed by atoms with E-state index in [9.17, 15) is 0 Å². The fraction of sp³-hybridized carbons (Fsp3) is 0.500. The van der Waals surface area contributed by atoms with Gasteiger partial charge in [0.1, 0.15) is 5.82 Å². The molecule has 0 spiro atoms. The summed E-state index contributed by atoms with van der Waals surface area (Å²) in [5, 5.41) is 2.53. The quantitative estimate of drug-likeness (QED) is 0.433. The zero-order valence-corrected chi connectivity index (χ0v) is 22.6. The molecule has 0 saturated carbocycles. The molecule has 0 aliphatic carbocycles. The van der Waals surface area contributed by atoms with Crippen molar-refractivity contribution in [3.8, 4) is 0 Å². The first-order valence-corrected chi connectivity index (χ1v) is 13.4. The van der Waals surface area contributed by atoms with Gasteiger partial charge in [-0.25, -0.2) is 11.6 Å². The fourth-order valence-electron chi connectivity index (χ4n) is 5.69. The van der Waals surface area contributed by atoms with Crippen LogP contribution in [0.25, 0.3) is 15.6 Å². The molecular weight excluding hydrogens is 460 g/mol. The maximum Gasteiger partial charge on any atom is 0.227 e. The normalized spacial score (nSPS) is 19.6. The Hall–Kier alpha value is -3.21. The van der Waals surface area contributed by atoms with Gasteiger partial charge in [-0.3, -0.25) is 0 Å². The van der Waals surface area contributed by atoms with E-state index >= 15 is 0 Å². The Bertz CT molecular complexity index is 1290. The van der Waals surface area contributed by atoms with E-state index in [2.05, 4.69) is 84.0 Å². The highest BCUT2D eigenvalue weighted by atomic mass is 16.5. The Morgan fingerprint density at radius 2 is 1.92 bits per heavy atom. The highest BCUT2D eigenvalue weighted by molar-refractivity contribution is 5.89. The number of piperidine rings is 1. The van der Waals surface area contributed by atoms with Crippen molar-refractivity contribution in [2.24, 2.45) is 5.92 Å². The Balaban J connectivity index is 1.52. The molecule has 37 heavy (non-hydrogen) atoms. The molecule has 2 aromatic carbocycles. The Morgan fingerprint density at radius 3 is 2.70 bits per heavy atom. The number of aryl methyl sites for hydroxylation is 1. The SMILES string of the molecule is [C-]#[N+]C[C@@H]1CCCN(c2nc(N(C)CCN(C)C)nc3c2COC(c2cccc4cccc(C)c24)C3)C1. The molecule has 3 heterocycles. The second-order valence-corrected chi connectivity index (χ2v) is 10.8. The molecule has 1 fully saturated rings. The first-order valence-electron chi connectivity index (χ1n) is 13.4. The lowest BCUT2D eigenvalue weighted by Crippen LogP contribution is -2.39. The van der Waals surface area contributed by atoms with E-state index in [1.54, 1.807) is 0 Å². The molecule has 2 aliphatic heterocycles. The van der Waals surface area contributed by atoms with Crippen LogP contribution in [0, 0.1) is 19.4 Å². The highest BCUT2D eigenvalue weighted by Crippen LogP contribution is 2.38. The van der Waals surface area contributed by atoms with Gasteiger partial charge in [0.05, 0.1) is 18.4 Å². The number of anilines is 2. The monoisotopic (exact) mass is 498 g/mol. The smallest absolute Gasteiger partial charge is 0.227 e. The third-order valence-corrected chi connectivity index (χ3v) is 7.75. The second-order valence-electron chi connectivity index (χ2n) is 10.8. The highest BCUT2D eigenvalue weighted by Gasteiger charge is 2.31. The lowest BCUT2D eigenvalue weighted by Gasteiger charge is -2.36. The summed E-state index contributed by atoms with van der Waals surface area (Å²) in [7, 11) is 6.26. The van der Waals surface area contributed by atoms with Gasteiger partial charge >= 0.3 is 0 Å². The number of aromatic nitrogens is 2. The van der Waals surface area contributed by atoms with E-state index < -0.39 is 0 Å². The molecule has 1 unspecified atom stereocenters. The van der Waals surface area contributed by atoms with Crippen molar-refractivity contribution in [3.63, 3.8) is 0 Å². The molecule has 0 bridgehead atoms. The minimum Gasteiger partial charge on any atom is -0.368 e. The van der Waals surface area contributed by atoms with Gasteiger partial charge in [-0.15, -0.1) is 0 Å². The molecule has 0 amide bonds. The average Bonchev–Trinajstić information content (AvgIpc) is 2.91. The van der Waals surface area contributed by atoms with Gasteiger partial charge in [0, 0.05) is 51.1 Å². The molecule has 1 saturated heterocycles. The summed E-state index contributed by atoms with van der Waals surface area (Å²) >= 11 is 0. The van der Waals surface area contributed by atoms with Crippen molar-refractivity contribution in [3.05, 3.63) is 70.2 Å². The average molecular weight is 499 g/mol. The molecule has 0 N–H and O–H groups in total. The molecule has 2 atom stereocenters. The molecule has 194 valence electrons. The summed E-state index contributed by atoms with van der Waals surface area (Å²) in [5.41, 5.74) is 4.71. The molecule has 5 rings (SSSR count). The van der Waals surface area contributed by atoms with Gasteiger partial charge in [-0.05, 0) is 55.8 Å². The number of benzene rings is 2. The standard InChI is InChI=1S/C30H38N6O/c1-21-9-6-11-23-12-7-13-24(28(21)23)27-17-26-25(20-37-27)29(36-14-8-10-22(19-36)18-31-2)33-30(32-26)35(5)16-15-34(3)4/h6-7,9,11-13,22,27H,8,10,14-20H2,1,3-5H3/t22-,27?/m0/s1. The predicted molar refractivity (Wildman–Crippen MR) is 150 cm³/mol.